The van der Waals surface area contributed by atoms with Gasteiger partial charge in [0.25, 0.3) is 5.91 Å². The van der Waals surface area contributed by atoms with E-state index in [9.17, 15) is 4.79 Å². The SMILES string of the molecule is Cn1cc(C2N=C(NC3CC3)NC2=O)c(C(C)(C)C)n1. The van der Waals surface area contributed by atoms with Crippen LogP contribution < -0.4 is 10.6 Å². The van der Waals surface area contributed by atoms with Crippen LogP contribution in [0.3, 0.4) is 0 Å². The van der Waals surface area contributed by atoms with Crippen LogP contribution in [0.25, 0.3) is 0 Å². The smallest absolute Gasteiger partial charge is 0.256 e. The highest BCUT2D eigenvalue weighted by Crippen LogP contribution is 2.32. The third kappa shape index (κ3) is 2.42. The van der Waals surface area contributed by atoms with Crippen molar-refractivity contribution in [2.24, 2.45) is 12.0 Å². The largest absolute Gasteiger partial charge is 0.353 e. The number of aromatic nitrogens is 2. The second-order valence-corrected chi connectivity index (χ2v) is 6.64. The lowest BCUT2D eigenvalue weighted by Gasteiger charge is -2.18. The summed E-state index contributed by atoms with van der Waals surface area (Å²) in [6, 6.07) is -0.0111. The number of amides is 1. The van der Waals surface area contributed by atoms with E-state index < -0.39 is 6.04 Å². The first-order valence-electron chi connectivity index (χ1n) is 7.04. The zero-order chi connectivity index (χ0) is 14.5. The molecule has 1 saturated carbocycles. The van der Waals surface area contributed by atoms with Gasteiger partial charge in [0.2, 0.25) is 0 Å². The van der Waals surface area contributed by atoms with Crippen LogP contribution in [0.2, 0.25) is 0 Å². The maximum Gasteiger partial charge on any atom is 0.256 e. The molecule has 0 radical (unpaired) electrons. The minimum absolute atomic E-state index is 0.0772. The van der Waals surface area contributed by atoms with E-state index in [1.54, 1.807) is 4.68 Å². The summed E-state index contributed by atoms with van der Waals surface area (Å²) in [5.74, 6) is 0.526. The number of rotatable bonds is 2. The Kier molecular flexibility index (Phi) is 2.84. The summed E-state index contributed by atoms with van der Waals surface area (Å²) in [6.45, 7) is 6.29. The predicted octanol–water partition coefficient (Wildman–Crippen LogP) is 0.996. The molecule has 6 nitrogen and oxygen atoms in total. The Hall–Kier alpha value is -1.85. The number of nitrogens with one attached hydrogen (secondary N) is 2. The Balaban J connectivity index is 1.92. The van der Waals surface area contributed by atoms with Gasteiger partial charge < -0.3 is 5.32 Å². The van der Waals surface area contributed by atoms with E-state index in [0.717, 1.165) is 24.1 Å². The topological polar surface area (TPSA) is 71.3 Å². The quantitative estimate of drug-likeness (QED) is 0.845. The van der Waals surface area contributed by atoms with Crippen molar-refractivity contribution in [2.45, 2.75) is 51.1 Å². The fourth-order valence-corrected chi connectivity index (χ4v) is 2.40. The molecular formula is C14H21N5O. The first-order chi connectivity index (χ1) is 9.34. The number of aliphatic imine (C=N–C) groups is 1. The van der Waals surface area contributed by atoms with Crippen LogP contribution >= 0.6 is 0 Å². The Morgan fingerprint density at radius 3 is 2.70 bits per heavy atom. The van der Waals surface area contributed by atoms with Gasteiger partial charge in [-0.05, 0) is 12.8 Å². The lowest BCUT2D eigenvalue weighted by molar-refractivity contribution is -0.120. The molecule has 0 saturated heterocycles. The van der Waals surface area contributed by atoms with Gasteiger partial charge in [-0.3, -0.25) is 14.8 Å². The van der Waals surface area contributed by atoms with E-state index in [4.69, 9.17) is 0 Å². The molecule has 1 atom stereocenters. The minimum atomic E-state index is -0.487. The molecule has 6 heteroatoms. The van der Waals surface area contributed by atoms with Crippen LogP contribution in [0.15, 0.2) is 11.2 Å². The number of nitrogens with zero attached hydrogens (tertiary/aromatic N) is 3. The van der Waals surface area contributed by atoms with Crippen molar-refractivity contribution in [2.75, 3.05) is 0 Å². The Morgan fingerprint density at radius 1 is 1.40 bits per heavy atom. The molecule has 1 aromatic heterocycles. The van der Waals surface area contributed by atoms with E-state index in [-0.39, 0.29) is 11.3 Å². The van der Waals surface area contributed by atoms with Gasteiger partial charge in [0, 0.05) is 30.3 Å². The van der Waals surface area contributed by atoms with Crippen molar-refractivity contribution in [1.29, 1.82) is 0 Å². The summed E-state index contributed by atoms with van der Waals surface area (Å²) in [4.78, 5) is 16.7. The van der Waals surface area contributed by atoms with Crippen molar-refractivity contribution in [3.8, 4) is 0 Å². The number of hydrogen-bond acceptors (Lipinski definition) is 4. The number of carbonyl (C=O) groups excluding carboxylic acids is 1. The molecule has 20 heavy (non-hydrogen) atoms. The van der Waals surface area contributed by atoms with E-state index in [1.165, 1.54) is 0 Å². The molecule has 1 fully saturated rings. The summed E-state index contributed by atoms with van der Waals surface area (Å²) in [5.41, 5.74) is 1.71. The molecule has 108 valence electrons. The highest BCUT2D eigenvalue weighted by molar-refractivity contribution is 6.05. The molecule has 2 N–H and O–H groups in total. The lowest BCUT2D eigenvalue weighted by atomic mass is 9.87. The number of guanidine groups is 1. The monoisotopic (exact) mass is 275 g/mol. The van der Waals surface area contributed by atoms with Gasteiger partial charge in [-0.2, -0.15) is 5.10 Å². The van der Waals surface area contributed by atoms with Gasteiger partial charge in [-0.15, -0.1) is 0 Å². The van der Waals surface area contributed by atoms with Crippen molar-refractivity contribution < 1.29 is 4.79 Å². The van der Waals surface area contributed by atoms with Crippen molar-refractivity contribution in [3.63, 3.8) is 0 Å². The number of aryl methyl sites for hydroxylation is 1. The average molecular weight is 275 g/mol. The van der Waals surface area contributed by atoms with E-state index in [2.05, 4.69) is 41.5 Å². The minimum Gasteiger partial charge on any atom is -0.353 e. The standard InChI is InChI=1S/C14H21N5O/c1-14(2,3)11-9(7-19(4)18-11)10-12(20)17-13(16-10)15-8-5-6-8/h7-8,10H,5-6H2,1-4H3,(H2,15,16,17,20). The molecule has 1 aliphatic carbocycles. The molecule has 2 aliphatic rings. The molecule has 2 heterocycles. The zero-order valence-electron chi connectivity index (χ0n) is 12.4. The van der Waals surface area contributed by atoms with Crippen molar-refractivity contribution >= 4 is 11.9 Å². The van der Waals surface area contributed by atoms with Crippen LogP contribution in [0, 0.1) is 0 Å². The van der Waals surface area contributed by atoms with Crippen molar-refractivity contribution in [3.05, 3.63) is 17.5 Å². The van der Waals surface area contributed by atoms with Crippen LogP contribution in [0.5, 0.6) is 0 Å². The molecule has 0 spiro atoms. The van der Waals surface area contributed by atoms with Gasteiger partial charge in [0.05, 0.1) is 5.69 Å². The van der Waals surface area contributed by atoms with Gasteiger partial charge >= 0.3 is 0 Å². The Bertz CT molecular complexity index is 577. The van der Waals surface area contributed by atoms with Crippen LogP contribution in [0.1, 0.15) is 50.9 Å². The number of carbonyl (C=O) groups is 1. The van der Waals surface area contributed by atoms with Crippen LogP contribution in [-0.4, -0.2) is 27.7 Å². The number of hydrogen-bond donors (Lipinski definition) is 2. The molecular weight excluding hydrogens is 254 g/mol. The maximum absolute atomic E-state index is 12.2. The van der Waals surface area contributed by atoms with E-state index >= 15 is 0 Å². The fourth-order valence-electron chi connectivity index (χ4n) is 2.40. The molecule has 1 aromatic rings. The second-order valence-electron chi connectivity index (χ2n) is 6.64. The third-order valence-corrected chi connectivity index (χ3v) is 3.53. The summed E-state index contributed by atoms with van der Waals surface area (Å²) in [6.07, 6.45) is 4.20. The van der Waals surface area contributed by atoms with Crippen molar-refractivity contribution in [1.82, 2.24) is 20.4 Å². The predicted molar refractivity (Wildman–Crippen MR) is 76.4 cm³/mol. The molecule has 0 bridgehead atoms. The molecule has 0 aromatic carbocycles. The summed E-state index contributed by atoms with van der Waals surface area (Å²) in [7, 11) is 1.87. The van der Waals surface area contributed by atoms with Crippen LogP contribution in [0.4, 0.5) is 0 Å². The van der Waals surface area contributed by atoms with Gasteiger partial charge in [0.1, 0.15) is 0 Å². The molecule has 1 amide bonds. The summed E-state index contributed by atoms with van der Waals surface area (Å²) >= 11 is 0. The summed E-state index contributed by atoms with van der Waals surface area (Å²) < 4.78 is 1.75. The van der Waals surface area contributed by atoms with Gasteiger partial charge in [-0.25, -0.2) is 4.99 Å². The highest BCUT2D eigenvalue weighted by Gasteiger charge is 2.35. The molecule has 3 rings (SSSR count). The van der Waals surface area contributed by atoms with Gasteiger partial charge in [-0.1, -0.05) is 20.8 Å². The lowest BCUT2D eigenvalue weighted by Crippen LogP contribution is -2.37. The van der Waals surface area contributed by atoms with Gasteiger partial charge in [0.15, 0.2) is 12.0 Å². The van der Waals surface area contributed by atoms with E-state index in [1.807, 2.05) is 13.2 Å². The zero-order valence-corrected chi connectivity index (χ0v) is 12.4. The second kappa shape index (κ2) is 4.33. The normalized spacial score (nSPS) is 22.7. The first kappa shape index (κ1) is 13.1. The first-order valence-corrected chi connectivity index (χ1v) is 7.04. The summed E-state index contributed by atoms with van der Waals surface area (Å²) in [5, 5.41) is 10.6. The Morgan fingerprint density at radius 2 is 2.10 bits per heavy atom. The highest BCUT2D eigenvalue weighted by atomic mass is 16.2. The third-order valence-electron chi connectivity index (χ3n) is 3.53. The fraction of sp³-hybridized carbons (Fsp3) is 0.643. The van der Waals surface area contributed by atoms with E-state index in [0.29, 0.717) is 12.0 Å². The van der Waals surface area contributed by atoms with Crippen LogP contribution in [-0.2, 0) is 17.3 Å². The Labute approximate surface area is 118 Å². The molecule has 1 aliphatic heterocycles. The average Bonchev–Trinajstić information content (AvgIpc) is 2.92. The molecule has 1 unspecified atom stereocenters. The maximum atomic E-state index is 12.2.